The molecule has 0 bridgehead atoms. The number of aromatic amines is 1. The normalized spacial score (nSPS) is 16.5. The van der Waals surface area contributed by atoms with Crippen molar-refractivity contribution in [2.75, 3.05) is 10.8 Å². The molecule has 1 atom stereocenters. The van der Waals surface area contributed by atoms with Gasteiger partial charge >= 0.3 is 0 Å². The third-order valence-corrected chi connectivity index (χ3v) is 7.91. The van der Waals surface area contributed by atoms with Crippen molar-refractivity contribution < 1.29 is 13.2 Å². The molecule has 0 amide bonds. The van der Waals surface area contributed by atoms with Crippen molar-refractivity contribution in [2.45, 2.75) is 30.6 Å². The van der Waals surface area contributed by atoms with Crippen LogP contribution in [0, 0.1) is 6.92 Å². The van der Waals surface area contributed by atoms with Crippen molar-refractivity contribution in [3.63, 3.8) is 0 Å². The van der Waals surface area contributed by atoms with Crippen LogP contribution in [0.4, 0.5) is 5.69 Å². The van der Waals surface area contributed by atoms with Crippen LogP contribution >= 0.6 is 11.3 Å². The van der Waals surface area contributed by atoms with Gasteiger partial charge in [-0.1, -0.05) is 13.0 Å². The molecule has 3 aromatic rings. The molecule has 9 heteroatoms. The van der Waals surface area contributed by atoms with Crippen molar-refractivity contribution in [3.05, 3.63) is 58.4 Å². The summed E-state index contributed by atoms with van der Waals surface area (Å²) in [4.78, 5) is 11.9. The Labute approximate surface area is 166 Å². The van der Waals surface area contributed by atoms with E-state index in [9.17, 15) is 13.2 Å². The van der Waals surface area contributed by atoms with Gasteiger partial charge in [-0.3, -0.25) is 9.10 Å². The predicted octanol–water partition coefficient (Wildman–Crippen LogP) is 3.17. The minimum Gasteiger partial charge on any atom is -0.486 e. The maximum atomic E-state index is 13.4. The van der Waals surface area contributed by atoms with Crippen LogP contribution in [0.5, 0.6) is 5.75 Å². The lowest BCUT2D eigenvalue weighted by Gasteiger charge is -2.35. The van der Waals surface area contributed by atoms with Crippen LogP contribution in [0.1, 0.15) is 18.9 Å². The number of nitrogens with zero attached hydrogens (tertiary/aromatic N) is 2. The molecule has 0 fully saturated rings. The first-order valence-electron chi connectivity index (χ1n) is 8.84. The Hall–Kier alpha value is -2.65. The molecule has 1 aliphatic heterocycles. The second-order valence-electron chi connectivity index (χ2n) is 6.58. The summed E-state index contributed by atoms with van der Waals surface area (Å²) >= 11 is 1.13. The van der Waals surface area contributed by atoms with E-state index in [1.807, 2.05) is 32.0 Å². The van der Waals surface area contributed by atoms with Gasteiger partial charge in [0.1, 0.15) is 21.8 Å². The Kier molecular flexibility index (Phi) is 4.72. The summed E-state index contributed by atoms with van der Waals surface area (Å²) in [6, 6.07) is 11.8. The first kappa shape index (κ1) is 18.7. The van der Waals surface area contributed by atoms with Crippen LogP contribution in [0.25, 0.3) is 10.6 Å². The maximum Gasteiger partial charge on any atom is 0.274 e. The van der Waals surface area contributed by atoms with Gasteiger partial charge < -0.3 is 4.74 Å². The molecule has 1 N–H and O–H groups in total. The highest BCUT2D eigenvalue weighted by molar-refractivity contribution is 7.94. The summed E-state index contributed by atoms with van der Waals surface area (Å²) in [7, 11) is -3.76. The van der Waals surface area contributed by atoms with Crippen molar-refractivity contribution in [1.82, 2.24) is 10.2 Å². The zero-order valence-electron chi connectivity index (χ0n) is 15.4. The van der Waals surface area contributed by atoms with Crippen LogP contribution < -0.4 is 14.6 Å². The number of thiophene rings is 1. The van der Waals surface area contributed by atoms with E-state index in [1.54, 1.807) is 18.2 Å². The summed E-state index contributed by atoms with van der Waals surface area (Å²) in [5.41, 5.74) is 1.73. The minimum absolute atomic E-state index is 0.203. The molecule has 4 rings (SSSR count). The number of hydrogen-bond donors (Lipinski definition) is 1. The number of rotatable bonds is 4. The molecule has 2 aromatic heterocycles. The van der Waals surface area contributed by atoms with Gasteiger partial charge in [0.15, 0.2) is 0 Å². The van der Waals surface area contributed by atoms with Crippen LogP contribution in [0.2, 0.25) is 0 Å². The van der Waals surface area contributed by atoms with Gasteiger partial charge in [0, 0.05) is 6.07 Å². The summed E-state index contributed by atoms with van der Waals surface area (Å²) in [5, 5.41) is 6.34. The van der Waals surface area contributed by atoms with Gasteiger partial charge in [-0.15, -0.1) is 11.3 Å². The van der Waals surface area contributed by atoms with Gasteiger partial charge in [-0.25, -0.2) is 13.5 Å². The van der Waals surface area contributed by atoms with Gasteiger partial charge in [0.25, 0.3) is 15.6 Å². The van der Waals surface area contributed by atoms with Gasteiger partial charge in [0.05, 0.1) is 17.1 Å². The highest BCUT2D eigenvalue weighted by atomic mass is 32.2. The molecule has 146 valence electrons. The zero-order valence-corrected chi connectivity index (χ0v) is 17.0. The Bertz CT molecular complexity index is 1160. The molecule has 0 saturated carbocycles. The average Bonchev–Trinajstić information content (AvgIpc) is 3.18. The number of fused-ring (bicyclic) bond motifs is 1. The lowest BCUT2D eigenvalue weighted by molar-refractivity contribution is 0.195. The molecular formula is C19H19N3O4S2. The van der Waals surface area contributed by atoms with Crippen molar-refractivity contribution in [3.8, 4) is 16.3 Å². The molecule has 0 aliphatic carbocycles. The molecule has 7 nitrogen and oxygen atoms in total. The number of nitrogens with one attached hydrogen (secondary N) is 1. The number of hydrogen-bond acceptors (Lipinski definition) is 6. The van der Waals surface area contributed by atoms with Crippen LogP contribution in [-0.2, 0) is 10.0 Å². The number of sulfonamides is 1. The predicted molar refractivity (Wildman–Crippen MR) is 109 cm³/mol. The largest absolute Gasteiger partial charge is 0.486 e. The maximum absolute atomic E-state index is 13.4. The molecule has 0 unspecified atom stereocenters. The highest BCUT2D eigenvalue weighted by Gasteiger charge is 2.35. The third-order valence-electron chi connectivity index (χ3n) is 4.56. The molecule has 0 radical (unpaired) electrons. The second-order valence-corrected chi connectivity index (χ2v) is 9.75. The average molecular weight is 418 g/mol. The summed E-state index contributed by atoms with van der Waals surface area (Å²) in [6.07, 6.45) is 0.501. The van der Waals surface area contributed by atoms with Crippen LogP contribution in [0.15, 0.2) is 51.5 Å². The number of ether oxygens (including phenoxy) is 1. The van der Waals surface area contributed by atoms with Crippen LogP contribution in [0.3, 0.4) is 0 Å². The molecule has 0 spiro atoms. The Morgan fingerprint density at radius 1 is 1.25 bits per heavy atom. The number of H-pyrrole nitrogens is 1. The lowest BCUT2D eigenvalue weighted by atomic mass is 10.1. The standard InChI is InChI=1S/C19H19N3O4S2/c1-3-13-11-22(15-10-12(2)4-6-16(15)26-13)28(24,25)19-9-7-17(27-19)14-5-8-18(23)21-20-14/h4-10,13H,3,11H2,1-2H3,(H,21,23)/t13-/m0/s1. The summed E-state index contributed by atoms with van der Waals surface area (Å²) in [6.45, 7) is 4.15. The van der Waals surface area contributed by atoms with E-state index in [0.717, 1.165) is 16.9 Å². The summed E-state index contributed by atoms with van der Waals surface area (Å²) < 4.78 is 34.4. The smallest absolute Gasteiger partial charge is 0.274 e. The van der Waals surface area contributed by atoms with E-state index >= 15 is 0 Å². The third kappa shape index (κ3) is 3.31. The lowest BCUT2D eigenvalue weighted by Crippen LogP contribution is -2.43. The van der Waals surface area contributed by atoms with E-state index in [0.29, 0.717) is 28.4 Å². The topological polar surface area (TPSA) is 92.4 Å². The molecule has 1 aliphatic rings. The van der Waals surface area contributed by atoms with Gasteiger partial charge in [-0.05, 0) is 49.2 Å². The summed E-state index contributed by atoms with van der Waals surface area (Å²) in [5.74, 6) is 0.575. The zero-order chi connectivity index (χ0) is 19.9. The first-order chi connectivity index (χ1) is 13.4. The fraction of sp³-hybridized carbons (Fsp3) is 0.263. The Morgan fingerprint density at radius 2 is 2.07 bits per heavy atom. The van der Waals surface area contributed by atoms with E-state index in [4.69, 9.17) is 4.74 Å². The van der Waals surface area contributed by atoms with Crippen LogP contribution in [-0.4, -0.2) is 31.3 Å². The highest BCUT2D eigenvalue weighted by Crippen LogP contribution is 2.40. The van der Waals surface area contributed by atoms with Gasteiger partial charge in [-0.2, -0.15) is 5.10 Å². The molecular weight excluding hydrogens is 398 g/mol. The Morgan fingerprint density at radius 3 is 2.79 bits per heavy atom. The number of aromatic nitrogens is 2. The van der Waals surface area contributed by atoms with Crippen molar-refractivity contribution in [1.29, 1.82) is 0 Å². The quantitative estimate of drug-likeness (QED) is 0.704. The second kappa shape index (κ2) is 7.06. The monoisotopic (exact) mass is 417 g/mol. The van der Waals surface area contributed by atoms with Gasteiger partial charge in [0.2, 0.25) is 0 Å². The molecule has 3 heterocycles. The van der Waals surface area contributed by atoms with Crippen molar-refractivity contribution in [2.24, 2.45) is 0 Å². The van der Waals surface area contributed by atoms with Crippen molar-refractivity contribution >= 4 is 27.0 Å². The number of aryl methyl sites for hydroxylation is 1. The SMILES string of the molecule is CC[C@H]1CN(S(=O)(=O)c2ccc(-c3ccc(=O)[nH]n3)s2)c2cc(C)ccc2O1. The first-order valence-corrected chi connectivity index (χ1v) is 11.1. The van der Waals surface area contributed by atoms with E-state index in [-0.39, 0.29) is 22.4 Å². The molecule has 0 saturated heterocycles. The van der Waals surface area contributed by atoms with E-state index in [2.05, 4.69) is 10.2 Å². The fourth-order valence-corrected chi connectivity index (χ4v) is 5.94. The fourth-order valence-electron chi connectivity index (χ4n) is 3.05. The molecule has 28 heavy (non-hydrogen) atoms. The number of anilines is 1. The van der Waals surface area contributed by atoms with E-state index in [1.165, 1.54) is 10.4 Å². The number of benzene rings is 1. The van der Waals surface area contributed by atoms with E-state index < -0.39 is 10.0 Å². The molecule has 1 aromatic carbocycles. The minimum atomic E-state index is -3.76. The Balaban J connectivity index is 1.75.